The lowest BCUT2D eigenvalue weighted by Gasteiger charge is -1.94. The van der Waals surface area contributed by atoms with E-state index in [-0.39, 0.29) is 0 Å². The standard InChI is InChI=1S/C11H7ClN2OS/c1-2-6-16-11-14-13-10(15-11)8-4-3-5-9(12)7-8/h1,3-5,7H,6H2. The first-order valence-corrected chi connectivity index (χ1v) is 5.81. The Morgan fingerprint density at radius 2 is 2.31 bits per heavy atom. The highest BCUT2D eigenvalue weighted by Crippen LogP contribution is 2.24. The molecule has 5 heteroatoms. The monoisotopic (exact) mass is 250 g/mol. The highest BCUT2D eigenvalue weighted by Gasteiger charge is 2.08. The Hall–Kier alpha value is -1.44. The summed E-state index contributed by atoms with van der Waals surface area (Å²) < 4.78 is 5.41. The molecule has 0 bridgehead atoms. The normalized spacial score (nSPS) is 10.0. The van der Waals surface area contributed by atoms with E-state index in [1.165, 1.54) is 11.8 Å². The average Bonchev–Trinajstić information content (AvgIpc) is 2.75. The van der Waals surface area contributed by atoms with Crippen LogP contribution in [-0.2, 0) is 0 Å². The van der Waals surface area contributed by atoms with Crippen molar-refractivity contribution in [2.45, 2.75) is 5.22 Å². The number of rotatable bonds is 3. The molecule has 0 saturated carbocycles. The fraction of sp³-hybridized carbons (Fsp3) is 0.0909. The van der Waals surface area contributed by atoms with Gasteiger partial charge in [-0.05, 0) is 18.2 Å². The largest absolute Gasteiger partial charge is 0.411 e. The third-order valence-electron chi connectivity index (χ3n) is 1.76. The minimum absolute atomic E-state index is 0.446. The molecule has 0 aliphatic heterocycles. The van der Waals surface area contributed by atoms with E-state index >= 15 is 0 Å². The van der Waals surface area contributed by atoms with Crippen LogP contribution in [0.25, 0.3) is 11.5 Å². The number of halogens is 1. The molecule has 3 nitrogen and oxygen atoms in total. The van der Waals surface area contributed by atoms with Crippen LogP contribution in [0.1, 0.15) is 0 Å². The molecule has 2 rings (SSSR count). The minimum Gasteiger partial charge on any atom is -0.411 e. The maximum atomic E-state index is 5.86. The van der Waals surface area contributed by atoms with Gasteiger partial charge in [0.2, 0.25) is 5.89 Å². The topological polar surface area (TPSA) is 38.9 Å². The van der Waals surface area contributed by atoms with Crippen molar-refractivity contribution in [3.63, 3.8) is 0 Å². The van der Waals surface area contributed by atoms with Crippen molar-refractivity contribution >= 4 is 23.4 Å². The molecule has 1 aromatic carbocycles. The lowest BCUT2D eigenvalue weighted by molar-refractivity contribution is 0.466. The van der Waals surface area contributed by atoms with E-state index in [0.29, 0.717) is 21.9 Å². The van der Waals surface area contributed by atoms with Crippen LogP contribution in [0, 0.1) is 12.3 Å². The maximum Gasteiger partial charge on any atom is 0.277 e. The lowest BCUT2D eigenvalue weighted by atomic mass is 10.2. The number of nitrogens with zero attached hydrogens (tertiary/aromatic N) is 2. The van der Waals surface area contributed by atoms with Gasteiger partial charge in [0.15, 0.2) is 0 Å². The Balaban J connectivity index is 2.22. The quantitative estimate of drug-likeness (QED) is 0.620. The summed E-state index contributed by atoms with van der Waals surface area (Å²) in [6.07, 6.45) is 5.14. The Labute approximate surface area is 102 Å². The van der Waals surface area contributed by atoms with Gasteiger partial charge in [0.1, 0.15) is 0 Å². The van der Waals surface area contributed by atoms with Crippen molar-refractivity contribution in [1.29, 1.82) is 0 Å². The molecule has 1 aromatic heterocycles. The third-order valence-corrected chi connectivity index (χ3v) is 2.72. The Morgan fingerprint density at radius 1 is 1.44 bits per heavy atom. The number of aromatic nitrogens is 2. The van der Waals surface area contributed by atoms with Crippen LogP contribution in [0.15, 0.2) is 33.9 Å². The molecule has 0 unspecified atom stereocenters. The van der Waals surface area contributed by atoms with Gasteiger partial charge in [-0.15, -0.1) is 16.6 Å². The van der Waals surface area contributed by atoms with Gasteiger partial charge in [-0.3, -0.25) is 0 Å². The molecule has 80 valence electrons. The van der Waals surface area contributed by atoms with E-state index in [2.05, 4.69) is 16.1 Å². The van der Waals surface area contributed by atoms with Crippen LogP contribution in [0.4, 0.5) is 0 Å². The number of terminal acetylenes is 1. The van der Waals surface area contributed by atoms with Crippen molar-refractivity contribution in [2.75, 3.05) is 5.75 Å². The van der Waals surface area contributed by atoms with E-state index in [1.54, 1.807) is 12.1 Å². The van der Waals surface area contributed by atoms with Gasteiger partial charge in [-0.1, -0.05) is 35.3 Å². The second-order valence-electron chi connectivity index (χ2n) is 2.88. The van der Waals surface area contributed by atoms with Crippen LogP contribution in [0.2, 0.25) is 5.02 Å². The van der Waals surface area contributed by atoms with E-state index in [4.69, 9.17) is 22.4 Å². The molecule has 0 aliphatic carbocycles. The number of thioether (sulfide) groups is 1. The summed E-state index contributed by atoms with van der Waals surface area (Å²) in [7, 11) is 0. The fourth-order valence-electron chi connectivity index (χ4n) is 1.11. The van der Waals surface area contributed by atoms with E-state index in [1.807, 2.05) is 12.1 Å². The second kappa shape index (κ2) is 5.06. The molecule has 0 spiro atoms. The Morgan fingerprint density at radius 3 is 3.06 bits per heavy atom. The van der Waals surface area contributed by atoms with Gasteiger partial charge < -0.3 is 4.42 Å². The van der Waals surface area contributed by atoms with E-state index < -0.39 is 0 Å². The molecule has 1 heterocycles. The molecule has 0 atom stereocenters. The average molecular weight is 251 g/mol. The first kappa shape index (κ1) is 11.1. The number of hydrogen-bond donors (Lipinski definition) is 0. The van der Waals surface area contributed by atoms with Gasteiger partial charge in [0, 0.05) is 10.6 Å². The molecule has 0 aliphatic rings. The molecule has 0 N–H and O–H groups in total. The summed E-state index contributed by atoms with van der Waals surface area (Å²) >= 11 is 7.19. The molecule has 2 aromatic rings. The van der Waals surface area contributed by atoms with Gasteiger partial charge in [0.25, 0.3) is 5.22 Å². The first-order valence-electron chi connectivity index (χ1n) is 4.45. The van der Waals surface area contributed by atoms with Gasteiger partial charge in [-0.25, -0.2) is 0 Å². The summed E-state index contributed by atoms with van der Waals surface area (Å²) in [5, 5.41) is 8.88. The summed E-state index contributed by atoms with van der Waals surface area (Å²) in [5.74, 6) is 3.45. The van der Waals surface area contributed by atoms with E-state index in [9.17, 15) is 0 Å². The highest BCUT2D eigenvalue weighted by molar-refractivity contribution is 7.99. The molecule has 0 amide bonds. The third kappa shape index (κ3) is 2.57. The highest BCUT2D eigenvalue weighted by atomic mass is 35.5. The van der Waals surface area contributed by atoms with Crippen molar-refractivity contribution in [3.05, 3.63) is 29.3 Å². The molecular formula is C11H7ClN2OS. The SMILES string of the molecule is C#CCSc1nnc(-c2cccc(Cl)c2)o1. The number of hydrogen-bond acceptors (Lipinski definition) is 4. The summed E-state index contributed by atoms with van der Waals surface area (Å²) in [4.78, 5) is 0. The maximum absolute atomic E-state index is 5.86. The van der Waals surface area contributed by atoms with Crippen molar-refractivity contribution < 1.29 is 4.42 Å². The predicted molar refractivity (Wildman–Crippen MR) is 64.3 cm³/mol. The lowest BCUT2D eigenvalue weighted by Crippen LogP contribution is -1.76. The van der Waals surface area contributed by atoms with Crippen molar-refractivity contribution in [3.8, 4) is 23.8 Å². The zero-order chi connectivity index (χ0) is 11.4. The van der Waals surface area contributed by atoms with Gasteiger partial charge in [0.05, 0.1) is 5.75 Å². The minimum atomic E-state index is 0.446. The van der Waals surface area contributed by atoms with Crippen LogP contribution >= 0.6 is 23.4 Å². The molecule has 16 heavy (non-hydrogen) atoms. The van der Waals surface area contributed by atoms with Crippen LogP contribution < -0.4 is 0 Å². The van der Waals surface area contributed by atoms with Gasteiger partial charge in [-0.2, -0.15) is 0 Å². The summed E-state index contributed by atoms with van der Waals surface area (Å²) in [6, 6.07) is 7.24. The first-order chi connectivity index (χ1) is 7.79. The second-order valence-corrected chi connectivity index (χ2v) is 4.24. The molecule has 0 radical (unpaired) electrons. The molecular weight excluding hydrogens is 244 g/mol. The molecule has 0 fully saturated rings. The summed E-state index contributed by atoms with van der Waals surface area (Å²) in [5.41, 5.74) is 0.799. The summed E-state index contributed by atoms with van der Waals surface area (Å²) in [6.45, 7) is 0. The number of benzene rings is 1. The van der Waals surface area contributed by atoms with Crippen molar-refractivity contribution in [1.82, 2.24) is 10.2 Å². The van der Waals surface area contributed by atoms with Crippen LogP contribution in [0.3, 0.4) is 0 Å². The van der Waals surface area contributed by atoms with Crippen LogP contribution in [0.5, 0.6) is 0 Å². The fourth-order valence-corrected chi connectivity index (χ4v) is 1.74. The Bertz CT molecular complexity index is 533. The van der Waals surface area contributed by atoms with Crippen molar-refractivity contribution in [2.24, 2.45) is 0 Å². The zero-order valence-electron chi connectivity index (χ0n) is 8.18. The van der Waals surface area contributed by atoms with E-state index in [0.717, 1.165) is 5.56 Å². The molecule has 0 saturated heterocycles. The van der Waals surface area contributed by atoms with Gasteiger partial charge >= 0.3 is 0 Å². The van der Waals surface area contributed by atoms with Crippen LogP contribution in [-0.4, -0.2) is 16.0 Å². The zero-order valence-corrected chi connectivity index (χ0v) is 9.76. The Kier molecular flexibility index (Phi) is 3.50. The predicted octanol–water partition coefficient (Wildman–Crippen LogP) is 3.12. The smallest absolute Gasteiger partial charge is 0.277 e.